The summed E-state index contributed by atoms with van der Waals surface area (Å²) in [7, 11) is 2.18. The van der Waals surface area contributed by atoms with Gasteiger partial charge in [-0.3, -0.25) is 0 Å². The van der Waals surface area contributed by atoms with Crippen molar-refractivity contribution in [1.82, 2.24) is 5.32 Å². The number of hydrogen-bond donors (Lipinski definition) is 1. The van der Waals surface area contributed by atoms with Crippen molar-refractivity contribution in [2.75, 3.05) is 7.05 Å². The molecule has 0 saturated heterocycles. The zero-order chi connectivity index (χ0) is 13.9. The van der Waals surface area contributed by atoms with Crippen molar-refractivity contribution in [2.45, 2.75) is 57.4 Å². The van der Waals surface area contributed by atoms with Crippen molar-refractivity contribution < 1.29 is 0 Å². The van der Waals surface area contributed by atoms with Gasteiger partial charge in [-0.05, 0) is 55.5 Å². The van der Waals surface area contributed by atoms with Gasteiger partial charge in [-0.15, -0.1) is 0 Å². The molecule has 2 aliphatic carbocycles. The zero-order valence-corrected chi connectivity index (χ0v) is 13.0. The first-order valence-electron chi connectivity index (χ1n) is 8.55. The molecule has 1 nitrogen and oxygen atoms in total. The molecule has 110 valence electrons. The van der Waals surface area contributed by atoms with Crippen LogP contribution in [0.25, 0.3) is 0 Å². The van der Waals surface area contributed by atoms with Crippen molar-refractivity contribution in [1.29, 1.82) is 0 Å². The molecule has 0 spiro atoms. The maximum Gasteiger partial charge on any atom is 0.0127 e. The molecule has 0 heterocycles. The van der Waals surface area contributed by atoms with E-state index in [9.17, 15) is 0 Å². The minimum absolute atomic E-state index is 0.748. The summed E-state index contributed by atoms with van der Waals surface area (Å²) in [5.41, 5.74) is 1.56. The van der Waals surface area contributed by atoms with Gasteiger partial charge in [0.1, 0.15) is 0 Å². The predicted molar refractivity (Wildman–Crippen MR) is 85.9 cm³/mol. The molecule has 3 atom stereocenters. The van der Waals surface area contributed by atoms with Gasteiger partial charge in [0.05, 0.1) is 0 Å². The second kappa shape index (κ2) is 6.30. The number of rotatable bonds is 5. The van der Waals surface area contributed by atoms with Crippen LogP contribution in [0.1, 0.15) is 56.9 Å². The Morgan fingerprint density at radius 1 is 1.10 bits per heavy atom. The highest BCUT2D eigenvalue weighted by Crippen LogP contribution is 2.52. The van der Waals surface area contributed by atoms with Crippen molar-refractivity contribution in [2.24, 2.45) is 17.8 Å². The van der Waals surface area contributed by atoms with Crippen molar-refractivity contribution in [3.05, 3.63) is 35.9 Å². The molecule has 2 saturated carbocycles. The second-order valence-electron chi connectivity index (χ2n) is 6.92. The lowest BCUT2D eigenvalue weighted by Crippen LogP contribution is -2.38. The van der Waals surface area contributed by atoms with Crippen molar-refractivity contribution >= 4 is 0 Å². The molecule has 1 heteroatoms. The highest BCUT2D eigenvalue weighted by molar-refractivity contribution is 5.26. The van der Waals surface area contributed by atoms with E-state index >= 15 is 0 Å². The second-order valence-corrected chi connectivity index (χ2v) is 6.92. The van der Waals surface area contributed by atoms with E-state index in [1.165, 1.54) is 38.5 Å². The average molecular weight is 271 g/mol. The fraction of sp³-hybridized carbons (Fsp3) is 0.684. The van der Waals surface area contributed by atoms with E-state index in [0.29, 0.717) is 0 Å². The van der Waals surface area contributed by atoms with Crippen LogP contribution in [0.4, 0.5) is 0 Å². The lowest BCUT2D eigenvalue weighted by molar-refractivity contribution is 0.208. The van der Waals surface area contributed by atoms with Crippen LogP contribution in [0.5, 0.6) is 0 Å². The van der Waals surface area contributed by atoms with E-state index in [-0.39, 0.29) is 0 Å². The van der Waals surface area contributed by atoms with E-state index < -0.39 is 0 Å². The Labute approximate surface area is 124 Å². The quantitative estimate of drug-likeness (QED) is 0.825. The van der Waals surface area contributed by atoms with E-state index in [4.69, 9.17) is 0 Å². The van der Waals surface area contributed by atoms with Crippen LogP contribution >= 0.6 is 0 Å². The summed E-state index contributed by atoms with van der Waals surface area (Å²) in [6.45, 7) is 2.35. The molecule has 1 N–H and O–H groups in total. The van der Waals surface area contributed by atoms with Gasteiger partial charge in [0, 0.05) is 6.04 Å². The monoisotopic (exact) mass is 271 g/mol. The Morgan fingerprint density at radius 3 is 2.40 bits per heavy atom. The third kappa shape index (κ3) is 2.93. The van der Waals surface area contributed by atoms with Gasteiger partial charge in [-0.2, -0.15) is 0 Å². The summed E-state index contributed by atoms with van der Waals surface area (Å²) in [6, 6.07) is 11.9. The van der Waals surface area contributed by atoms with Crippen LogP contribution < -0.4 is 5.32 Å². The molecule has 1 aromatic carbocycles. The van der Waals surface area contributed by atoms with Crippen molar-refractivity contribution in [3.63, 3.8) is 0 Å². The number of nitrogens with one attached hydrogen (secondary N) is 1. The molecule has 2 fully saturated rings. The Hall–Kier alpha value is -0.820. The summed E-state index contributed by atoms with van der Waals surface area (Å²) in [6.07, 6.45) is 8.59. The van der Waals surface area contributed by atoms with Crippen LogP contribution in [0.3, 0.4) is 0 Å². The molecule has 3 rings (SSSR count). The molecule has 3 unspecified atom stereocenters. The van der Waals surface area contributed by atoms with Gasteiger partial charge in [-0.1, -0.05) is 56.5 Å². The highest BCUT2D eigenvalue weighted by atomic mass is 14.9. The maximum atomic E-state index is 3.67. The Morgan fingerprint density at radius 2 is 1.80 bits per heavy atom. The van der Waals surface area contributed by atoms with Gasteiger partial charge in [0.2, 0.25) is 0 Å². The summed E-state index contributed by atoms with van der Waals surface area (Å²) in [4.78, 5) is 0. The van der Waals surface area contributed by atoms with Crippen LogP contribution in [0.2, 0.25) is 0 Å². The van der Waals surface area contributed by atoms with E-state index in [2.05, 4.69) is 49.6 Å². The normalized spacial score (nSPS) is 34.7. The first-order valence-corrected chi connectivity index (χ1v) is 8.55. The Bertz CT molecular complexity index is 405. The standard InChI is InChI=1S/C19H29N/c1-3-14-9-11-16(12-10-14)19(20-2)18-13-17(18)15-7-5-4-6-8-15/h4-8,14,16-20H,3,9-13H2,1-2H3. The van der Waals surface area contributed by atoms with Crippen molar-refractivity contribution in [3.8, 4) is 0 Å². The van der Waals surface area contributed by atoms with E-state index in [1.54, 1.807) is 5.56 Å². The fourth-order valence-corrected chi connectivity index (χ4v) is 4.45. The molecule has 20 heavy (non-hydrogen) atoms. The van der Waals surface area contributed by atoms with Gasteiger partial charge in [-0.25, -0.2) is 0 Å². The molecule has 0 bridgehead atoms. The average Bonchev–Trinajstić information content (AvgIpc) is 3.30. The Balaban J connectivity index is 1.59. The van der Waals surface area contributed by atoms with Gasteiger partial charge < -0.3 is 5.32 Å². The van der Waals surface area contributed by atoms with Crippen LogP contribution in [0, 0.1) is 17.8 Å². The fourth-order valence-electron chi connectivity index (χ4n) is 4.45. The van der Waals surface area contributed by atoms with E-state index in [1.807, 2.05) is 0 Å². The molecule has 0 amide bonds. The largest absolute Gasteiger partial charge is 0.316 e. The lowest BCUT2D eigenvalue weighted by Gasteiger charge is -2.34. The third-order valence-corrected chi connectivity index (χ3v) is 5.84. The molecule has 0 aromatic heterocycles. The molecule has 2 aliphatic rings. The van der Waals surface area contributed by atoms with Gasteiger partial charge in [0.25, 0.3) is 0 Å². The molecule has 1 aromatic rings. The predicted octanol–water partition coefficient (Wildman–Crippen LogP) is 4.59. The summed E-state index contributed by atoms with van der Waals surface area (Å²) < 4.78 is 0. The summed E-state index contributed by atoms with van der Waals surface area (Å²) in [5, 5.41) is 3.67. The summed E-state index contributed by atoms with van der Waals surface area (Å²) >= 11 is 0. The molecule has 0 aliphatic heterocycles. The maximum absolute atomic E-state index is 3.67. The lowest BCUT2D eigenvalue weighted by atomic mass is 9.76. The SMILES string of the molecule is CCC1CCC(C(NC)C2CC2c2ccccc2)CC1. The minimum Gasteiger partial charge on any atom is -0.316 e. The zero-order valence-electron chi connectivity index (χ0n) is 13.0. The highest BCUT2D eigenvalue weighted by Gasteiger charge is 2.46. The molecule has 0 radical (unpaired) electrons. The molecular formula is C19H29N. The van der Waals surface area contributed by atoms with Gasteiger partial charge >= 0.3 is 0 Å². The van der Waals surface area contributed by atoms with Crippen LogP contribution in [-0.4, -0.2) is 13.1 Å². The minimum atomic E-state index is 0.748. The van der Waals surface area contributed by atoms with Crippen LogP contribution in [0.15, 0.2) is 30.3 Å². The number of benzene rings is 1. The smallest absolute Gasteiger partial charge is 0.0127 e. The van der Waals surface area contributed by atoms with Crippen LogP contribution in [-0.2, 0) is 0 Å². The first-order chi connectivity index (χ1) is 9.83. The Kier molecular flexibility index (Phi) is 4.45. The van der Waals surface area contributed by atoms with Gasteiger partial charge in [0.15, 0.2) is 0 Å². The first kappa shape index (κ1) is 14.1. The molecular weight excluding hydrogens is 242 g/mol. The number of hydrogen-bond acceptors (Lipinski definition) is 1. The summed E-state index contributed by atoms with van der Waals surface area (Å²) in [5.74, 6) is 3.62. The third-order valence-electron chi connectivity index (χ3n) is 5.84. The topological polar surface area (TPSA) is 12.0 Å². The van der Waals surface area contributed by atoms with E-state index in [0.717, 1.165) is 29.7 Å².